The second-order valence-electron chi connectivity index (χ2n) is 4.23. The Kier molecular flexibility index (Phi) is 5.65. The number of amides is 2. The summed E-state index contributed by atoms with van der Waals surface area (Å²) in [5.41, 5.74) is 1.89. The second-order valence-corrected chi connectivity index (χ2v) is 4.23. The Labute approximate surface area is 109 Å². The van der Waals surface area contributed by atoms with Crippen molar-refractivity contribution in [3.05, 3.63) is 35.4 Å². The molecule has 4 heteroatoms. The SMILES string of the molecule is CCN(CC)C(=O)NC[C@H](O)c1ccccc1C. The van der Waals surface area contributed by atoms with Crippen LogP contribution in [0.1, 0.15) is 31.1 Å². The summed E-state index contributed by atoms with van der Waals surface area (Å²) >= 11 is 0. The quantitative estimate of drug-likeness (QED) is 0.840. The van der Waals surface area contributed by atoms with Gasteiger partial charge < -0.3 is 15.3 Å². The average molecular weight is 250 g/mol. The van der Waals surface area contributed by atoms with Crippen LogP contribution in [0.15, 0.2) is 24.3 Å². The largest absolute Gasteiger partial charge is 0.387 e. The van der Waals surface area contributed by atoms with Crippen LogP contribution in [0.3, 0.4) is 0 Å². The molecule has 0 aliphatic heterocycles. The van der Waals surface area contributed by atoms with E-state index in [-0.39, 0.29) is 12.6 Å². The molecule has 0 aromatic heterocycles. The van der Waals surface area contributed by atoms with Crippen LogP contribution in [0.2, 0.25) is 0 Å². The van der Waals surface area contributed by atoms with Crippen LogP contribution in [0.5, 0.6) is 0 Å². The Morgan fingerprint density at radius 2 is 1.94 bits per heavy atom. The molecule has 0 radical (unpaired) electrons. The predicted molar refractivity (Wildman–Crippen MR) is 72.5 cm³/mol. The highest BCUT2D eigenvalue weighted by Crippen LogP contribution is 2.16. The zero-order valence-electron chi connectivity index (χ0n) is 11.3. The van der Waals surface area contributed by atoms with Gasteiger partial charge in [-0.3, -0.25) is 0 Å². The lowest BCUT2D eigenvalue weighted by Gasteiger charge is -2.21. The molecule has 0 unspecified atom stereocenters. The van der Waals surface area contributed by atoms with Gasteiger partial charge in [0, 0.05) is 19.6 Å². The van der Waals surface area contributed by atoms with Gasteiger partial charge in [0.2, 0.25) is 0 Å². The molecule has 1 aromatic carbocycles. The van der Waals surface area contributed by atoms with Crippen LogP contribution in [0.25, 0.3) is 0 Å². The summed E-state index contributed by atoms with van der Waals surface area (Å²) in [5.74, 6) is 0. The highest BCUT2D eigenvalue weighted by atomic mass is 16.3. The molecule has 4 nitrogen and oxygen atoms in total. The number of nitrogens with zero attached hydrogens (tertiary/aromatic N) is 1. The van der Waals surface area contributed by atoms with Gasteiger partial charge in [0.1, 0.15) is 0 Å². The van der Waals surface area contributed by atoms with Crippen LogP contribution in [-0.2, 0) is 0 Å². The number of aliphatic hydroxyl groups is 1. The van der Waals surface area contributed by atoms with Crippen molar-refractivity contribution in [2.24, 2.45) is 0 Å². The van der Waals surface area contributed by atoms with E-state index in [1.54, 1.807) is 4.90 Å². The van der Waals surface area contributed by atoms with E-state index < -0.39 is 6.10 Å². The number of nitrogens with one attached hydrogen (secondary N) is 1. The molecule has 0 spiro atoms. The lowest BCUT2D eigenvalue weighted by atomic mass is 10.0. The van der Waals surface area contributed by atoms with Gasteiger partial charge in [-0.1, -0.05) is 24.3 Å². The average Bonchev–Trinajstić information content (AvgIpc) is 2.38. The standard InChI is InChI=1S/C14H22N2O2/c1-4-16(5-2)14(18)15-10-13(17)12-9-7-6-8-11(12)3/h6-9,13,17H,4-5,10H2,1-3H3,(H,15,18)/t13-/m0/s1. The first-order valence-corrected chi connectivity index (χ1v) is 6.36. The molecule has 0 saturated carbocycles. The van der Waals surface area contributed by atoms with Gasteiger partial charge in [-0.2, -0.15) is 0 Å². The highest BCUT2D eigenvalue weighted by molar-refractivity contribution is 5.74. The molecule has 0 aliphatic carbocycles. The van der Waals surface area contributed by atoms with Gasteiger partial charge in [0.25, 0.3) is 0 Å². The van der Waals surface area contributed by atoms with Crippen LogP contribution >= 0.6 is 0 Å². The molecule has 0 fully saturated rings. The maximum Gasteiger partial charge on any atom is 0.317 e. The van der Waals surface area contributed by atoms with Crippen LogP contribution in [0.4, 0.5) is 4.79 Å². The third-order valence-corrected chi connectivity index (χ3v) is 3.04. The molecule has 0 bridgehead atoms. The highest BCUT2D eigenvalue weighted by Gasteiger charge is 2.13. The van der Waals surface area contributed by atoms with Crippen molar-refractivity contribution < 1.29 is 9.90 Å². The molecule has 1 aromatic rings. The molecule has 2 amide bonds. The topological polar surface area (TPSA) is 52.6 Å². The third kappa shape index (κ3) is 3.74. The Balaban J connectivity index is 2.54. The van der Waals surface area contributed by atoms with E-state index in [1.165, 1.54) is 0 Å². The van der Waals surface area contributed by atoms with Crippen molar-refractivity contribution in [2.75, 3.05) is 19.6 Å². The van der Waals surface area contributed by atoms with Gasteiger partial charge in [-0.25, -0.2) is 4.79 Å². The molecule has 18 heavy (non-hydrogen) atoms. The van der Waals surface area contributed by atoms with E-state index >= 15 is 0 Å². The maximum absolute atomic E-state index is 11.7. The molecule has 100 valence electrons. The number of hydrogen-bond acceptors (Lipinski definition) is 2. The second kappa shape index (κ2) is 7.01. The Bertz CT molecular complexity index is 389. The summed E-state index contributed by atoms with van der Waals surface area (Å²) in [7, 11) is 0. The first-order chi connectivity index (χ1) is 8.60. The number of aliphatic hydroxyl groups excluding tert-OH is 1. The number of hydrogen-bond donors (Lipinski definition) is 2. The molecule has 0 saturated heterocycles. The summed E-state index contributed by atoms with van der Waals surface area (Å²) < 4.78 is 0. The van der Waals surface area contributed by atoms with Crippen LogP contribution in [0, 0.1) is 6.92 Å². The summed E-state index contributed by atoms with van der Waals surface area (Å²) in [6, 6.07) is 7.51. The van der Waals surface area contributed by atoms with E-state index in [1.807, 2.05) is 45.0 Å². The summed E-state index contributed by atoms with van der Waals surface area (Å²) in [5, 5.41) is 12.8. The molecule has 1 rings (SSSR count). The fraction of sp³-hybridized carbons (Fsp3) is 0.500. The lowest BCUT2D eigenvalue weighted by molar-refractivity contribution is 0.163. The number of rotatable bonds is 5. The minimum absolute atomic E-state index is 0.132. The van der Waals surface area contributed by atoms with Crippen LogP contribution < -0.4 is 5.32 Å². The first kappa shape index (κ1) is 14.5. The van der Waals surface area contributed by atoms with Crippen LogP contribution in [-0.4, -0.2) is 35.7 Å². The minimum atomic E-state index is -0.661. The lowest BCUT2D eigenvalue weighted by Crippen LogP contribution is -2.41. The smallest absolute Gasteiger partial charge is 0.317 e. The monoisotopic (exact) mass is 250 g/mol. The van der Waals surface area contributed by atoms with E-state index in [2.05, 4.69) is 5.32 Å². The third-order valence-electron chi connectivity index (χ3n) is 3.04. The number of benzene rings is 1. The number of urea groups is 1. The summed E-state index contributed by atoms with van der Waals surface area (Å²) in [6.45, 7) is 7.39. The Morgan fingerprint density at radius 3 is 2.50 bits per heavy atom. The number of carbonyl (C=O) groups excluding carboxylic acids is 1. The molecule has 2 N–H and O–H groups in total. The van der Waals surface area contributed by atoms with Crippen molar-refractivity contribution in [3.63, 3.8) is 0 Å². The normalized spacial score (nSPS) is 12.0. The van der Waals surface area contributed by atoms with Gasteiger partial charge >= 0.3 is 6.03 Å². The van der Waals surface area contributed by atoms with Gasteiger partial charge in [-0.15, -0.1) is 0 Å². The number of carbonyl (C=O) groups is 1. The van der Waals surface area contributed by atoms with Gasteiger partial charge in [0.05, 0.1) is 6.10 Å². The van der Waals surface area contributed by atoms with E-state index in [4.69, 9.17) is 0 Å². The molecule has 0 heterocycles. The van der Waals surface area contributed by atoms with Crippen molar-refractivity contribution in [3.8, 4) is 0 Å². The Morgan fingerprint density at radius 1 is 1.33 bits per heavy atom. The van der Waals surface area contributed by atoms with Crippen molar-refractivity contribution in [1.29, 1.82) is 0 Å². The zero-order valence-corrected chi connectivity index (χ0v) is 11.3. The summed E-state index contributed by atoms with van der Waals surface area (Å²) in [4.78, 5) is 13.4. The maximum atomic E-state index is 11.7. The molecule has 0 aliphatic rings. The Hall–Kier alpha value is -1.55. The fourth-order valence-corrected chi connectivity index (χ4v) is 1.88. The van der Waals surface area contributed by atoms with Gasteiger partial charge in [-0.05, 0) is 31.9 Å². The molecular weight excluding hydrogens is 228 g/mol. The minimum Gasteiger partial charge on any atom is -0.387 e. The van der Waals surface area contributed by atoms with Gasteiger partial charge in [0.15, 0.2) is 0 Å². The van der Waals surface area contributed by atoms with E-state index in [0.29, 0.717) is 13.1 Å². The van der Waals surface area contributed by atoms with Crippen molar-refractivity contribution >= 4 is 6.03 Å². The first-order valence-electron chi connectivity index (χ1n) is 6.36. The van der Waals surface area contributed by atoms with Crippen molar-refractivity contribution in [2.45, 2.75) is 26.9 Å². The zero-order chi connectivity index (χ0) is 13.5. The molecular formula is C14H22N2O2. The predicted octanol–water partition coefficient (Wildman–Crippen LogP) is 2.08. The number of aryl methyl sites for hydroxylation is 1. The van der Waals surface area contributed by atoms with E-state index in [0.717, 1.165) is 11.1 Å². The summed E-state index contributed by atoms with van der Waals surface area (Å²) in [6.07, 6.45) is -0.661. The van der Waals surface area contributed by atoms with E-state index in [9.17, 15) is 9.90 Å². The molecule has 1 atom stereocenters. The fourth-order valence-electron chi connectivity index (χ4n) is 1.88. The van der Waals surface area contributed by atoms with Crippen molar-refractivity contribution in [1.82, 2.24) is 10.2 Å².